The summed E-state index contributed by atoms with van der Waals surface area (Å²) in [7, 11) is 2.16. The molecule has 1 aromatic carbocycles. The van der Waals surface area contributed by atoms with Crippen molar-refractivity contribution in [3.8, 4) is 0 Å². The van der Waals surface area contributed by atoms with E-state index < -0.39 is 0 Å². The molecule has 0 spiro atoms. The monoisotopic (exact) mass is 304 g/mol. The minimum Gasteiger partial charge on any atom is -0.399 e. The van der Waals surface area contributed by atoms with Crippen molar-refractivity contribution in [2.45, 2.75) is 13.3 Å². The summed E-state index contributed by atoms with van der Waals surface area (Å²) < 4.78 is 0. The molecule has 122 valence electrons. The molecule has 0 aromatic heterocycles. The van der Waals surface area contributed by atoms with Crippen LogP contribution in [0.25, 0.3) is 0 Å². The first-order valence-corrected chi connectivity index (χ1v) is 8.05. The number of benzene rings is 1. The van der Waals surface area contributed by atoms with E-state index in [1.807, 2.05) is 24.3 Å². The zero-order valence-electron chi connectivity index (χ0n) is 13.7. The van der Waals surface area contributed by atoms with Crippen LogP contribution < -0.4 is 11.1 Å². The van der Waals surface area contributed by atoms with Crippen molar-refractivity contribution in [1.82, 2.24) is 15.1 Å². The largest absolute Gasteiger partial charge is 0.399 e. The van der Waals surface area contributed by atoms with E-state index in [1.54, 1.807) is 0 Å². The Morgan fingerprint density at radius 1 is 1.23 bits per heavy atom. The van der Waals surface area contributed by atoms with E-state index in [9.17, 15) is 4.79 Å². The maximum atomic E-state index is 12.0. The van der Waals surface area contributed by atoms with Gasteiger partial charge in [-0.2, -0.15) is 0 Å². The number of anilines is 1. The molecule has 0 bridgehead atoms. The molecule has 0 saturated carbocycles. The lowest BCUT2D eigenvalue weighted by atomic mass is 10.1. The molecule has 1 heterocycles. The van der Waals surface area contributed by atoms with Gasteiger partial charge < -0.3 is 20.9 Å². The molecule has 1 atom stereocenters. The summed E-state index contributed by atoms with van der Waals surface area (Å²) in [5.41, 5.74) is 7.37. The number of nitrogens with one attached hydrogen (secondary N) is 1. The predicted octanol–water partition coefficient (Wildman–Crippen LogP) is 0.811. The van der Waals surface area contributed by atoms with E-state index in [4.69, 9.17) is 5.73 Å². The number of amides is 1. The molecular formula is C17H28N4O. The zero-order chi connectivity index (χ0) is 15.9. The van der Waals surface area contributed by atoms with Gasteiger partial charge in [-0.3, -0.25) is 4.79 Å². The van der Waals surface area contributed by atoms with Crippen LogP contribution in [0.4, 0.5) is 5.69 Å². The second-order valence-electron chi connectivity index (χ2n) is 6.43. The highest BCUT2D eigenvalue weighted by Gasteiger charge is 2.16. The Labute approximate surface area is 133 Å². The second kappa shape index (κ2) is 8.15. The Hall–Kier alpha value is -1.59. The molecule has 2 rings (SSSR count). The van der Waals surface area contributed by atoms with Crippen LogP contribution in [0.1, 0.15) is 12.5 Å². The van der Waals surface area contributed by atoms with Crippen molar-refractivity contribution in [3.05, 3.63) is 29.8 Å². The molecule has 1 aromatic rings. The van der Waals surface area contributed by atoms with Crippen LogP contribution in [0.2, 0.25) is 0 Å². The van der Waals surface area contributed by atoms with Gasteiger partial charge in [-0.1, -0.05) is 19.1 Å². The summed E-state index contributed by atoms with van der Waals surface area (Å²) in [5, 5.41) is 3.04. The summed E-state index contributed by atoms with van der Waals surface area (Å²) in [5.74, 6) is 0.550. The molecule has 0 radical (unpaired) electrons. The van der Waals surface area contributed by atoms with Gasteiger partial charge in [0.05, 0.1) is 6.42 Å². The van der Waals surface area contributed by atoms with Crippen molar-refractivity contribution < 1.29 is 4.79 Å². The van der Waals surface area contributed by atoms with Gasteiger partial charge in [0.15, 0.2) is 0 Å². The molecule has 5 heteroatoms. The molecule has 0 aliphatic carbocycles. The maximum absolute atomic E-state index is 12.0. The highest BCUT2D eigenvalue weighted by atomic mass is 16.1. The third-order valence-corrected chi connectivity index (χ3v) is 4.16. The Kier molecular flexibility index (Phi) is 6.21. The van der Waals surface area contributed by atoms with E-state index in [0.29, 0.717) is 12.3 Å². The number of hydrogen-bond donors (Lipinski definition) is 2. The molecule has 1 amide bonds. The van der Waals surface area contributed by atoms with E-state index in [0.717, 1.165) is 50.5 Å². The zero-order valence-corrected chi connectivity index (χ0v) is 13.7. The van der Waals surface area contributed by atoms with Gasteiger partial charge in [-0.05, 0) is 30.7 Å². The van der Waals surface area contributed by atoms with Gasteiger partial charge in [-0.25, -0.2) is 0 Å². The lowest BCUT2D eigenvalue weighted by Crippen LogP contribution is -2.47. The number of nitrogens with two attached hydrogens (primary N) is 1. The summed E-state index contributed by atoms with van der Waals surface area (Å²) in [4.78, 5) is 16.8. The minimum absolute atomic E-state index is 0.0787. The molecule has 1 aliphatic rings. The Balaban J connectivity index is 1.66. The number of likely N-dealkylation sites (N-methyl/N-ethyl adjacent to an activating group) is 1. The van der Waals surface area contributed by atoms with Gasteiger partial charge in [0.1, 0.15) is 0 Å². The van der Waals surface area contributed by atoms with Gasteiger partial charge in [0, 0.05) is 45.0 Å². The van der Waals surface area contributed by atoms with E-state index in [2.05, 4.69) is 29.1 Å². The van der Waals surface area contributed by atoms with Crippen LogP contribution in [0.3, 0.4) is 0 Å². The number of hydrogen-bond acceptors (Lipinski definition) is 4. The topological polar surface area (TPSA) is 61.6 Å². The number of piperazine rings is 1. The summed E-state index contributed by atoms with van der Waals surface area (Å²) >= 11 is 0. The molecule has 1 aliphatic heterocycles. The van der Waals surface area contributed by atoms with Crippen LogP contribution in [-0.4, -0.2) is 62.0 Å². The standard InChI is InChI=1S/C17H28N4O/c1-14(13-21-9-7-20(2)8-10-21)12-19-17(22)11-15-3-5-16(18)6-4-15/h3-6,14H,7-13,18H2,1-2H3,(H,19,22). The van der Waals surface area contributed by atoms with Gasteiger partial charge in [0.25, 0.3) is 0 Å². The molecule has 1 fully saturated rings. The van der Waals surface area contributed by atoms with Gasteiger partial charge >= 0.3 is 0 Å². The van der Waals surface area contributed by atoms with E-state index >= 15 is 0 Å². The number of carbonyl (C=O) groups excluding carboxylic acids is 1. The van der Waals surface area contributed by atoms with Gasteiger partial charge in [0.2, 0.25) is 5.91 Å². The quantitative estimate of drug-likeness (QED) is 0.764. The fraction of sp³-hybridized carbons (Fsp3) is 0.588. The average Bonchev–Trinajstić information content (AvgIpc) is 2.50. The number of carbonyl (C=O) groups is 1. The fourth-order valence-electron chi connectivity index (χ4n) is 2.71. The van der Waals surface area contributed by atoms with E-state index in [1.165, 1.54) is 0 Å². The van der Waals surface area contributed by atoms with Crippen molar-refractivity contribution >= 4 is 11.6 Å². The Morgan fingerprint density at radius 2 is 1.86 bits per heavy atom. The second-order valence-corrected chi connectivity index (χ2v) is 6.43. The minimum atomic E-state index is 0.0787. The lowest BCUT2D eigenvalue weighted by Gasteiger charge is -2.33. The average molecular weight is 304 g/mol. The molecule has 3 N–H and O–H groups in total. The van der Waals surface area contributed by atoms with E-state index in [-0.39, 0.29) is 5.91 Å². The van der Waals surface area contributed by atoms with Crippen LogP contribution >= 0.6 is 0 Å². The number of nitrogen functional groups attached to an aromatic ring is 1. The summed E-state index contributed by atoms with van der Waals surface area (Å²) in [6.45, 7) is 8.50. The normalized spacial score (nSPS) is 18.1. The van der Waals surface area contributed by atoms with Crippen molar-refractivity contribution in [2.75, 3.05) is 52.0 Å². The van der Waals surface area contributed by atoms with Crippen molar-refractivity contribution in [3.63, 3.8) is 0 Å². The first-order valence-electron chi connectivity index (χ1n) is 8.05. The maximum Gasteiger partial charge on any atom is 0.224 e. The van der Waals surface area contributed by atoms with Gasteiger partial charge in [-0.15, -0.1) is 0 Å². The summed E-state index contributed by atoms with van der Waals surface area (Å²) in [6.07, 6.45) is 0.418. The predicted molar refractivity (Wildman–Crippen MR) is 90.7 cm³/mol. The molecule has 22 heavy (non-hydrogen) atoms. The van der Waals surface area contributed by atoms with Crippen LogP contribution in [-0.2, 0) is 11.2 Å². The highest BCUT2D eigenvalue weighted by molar-refractivity contribution is 5.78. The molecular weight excluding hydrogens is 276 g/mol. The third-order valence-electron chi connectivity index (χ3n) is 4.16. The molecule has 1 saturated heterocycles. The highest BCUT2D eigenvalue weighted by Crippen LogP contribution is 2.07. The Bertz CT molecular complexity index is 466. The molecule has 5 nitrogen and oxygen atoms in total. The number of nitrogens with zero attached hydrogens (tertiary/aromatic N) is 2. The molecule has 1 unspecified atom stereocenters. The Morgan fingerprint density at radius 3 is 2.50 bits per heavy atom. The van der Waals surface area contributed by atoms with Crippen LogP contribution in [0.15, 0.2) is 24.3 Å². The smallest absolute Gasteiger partial charge is 0.224 e. The first-order chi connectivity index (χ1) is 10.5. The van der Waals surface area contributed by atoms with Crippen molar-refractivity contribution in [2.24, 2.45) is 5.92 Å². The lowest BCUT2D eigenvalue weighted by molar-refractivity contribution is -0.120. The SMILES string of the molecule is CC(CNC(=O)Cc1ccc(N)cc1)CN1CCN(C)CC1. The third kappa shape index (κ3) is 5.66. The fourth-order valence-corrected chi connectivity index (χ4v) is 2.71. The summed E-state index contributed by atoms with van der Waals surface area (Å²) in [6, 6.07) is 7.47. The van der Waals surface area contributed by atoms with Crippen LogP contribution in [0, 0.1) is 5.92 Å². The van der Waals surface area contributed by atoms with Crippen LogP contribution in [0.5, 0.6) is 0 Å². The number of rotatable bonds is 6. The van der Waals surface area contributed by atoms with Crippen molar-refractivity contribution in [1.29, 1.82) is 0 Å². The first kappa shape index (κ1) is 16.8.